The molecule has 1 aromatic carbocycles. The summed E-state index contributed by atoms with van der Waals surface area (Å²) in [6.45, 7) is 0.0623. The molecule has 0 aliphatic carbocycles. The van der Waals surface area contributed by atoms with E-state index < -0.39 is 34.6 Å². The van der Waals surface area contributed by atoms with Crippen LogP contribution >= 0.6 is 0 Å². The number of Topliss-reactive ketones (excluding diaryl/α,β-unsaturated/α-hetero) is 1. The zero-order valence-electron chi connectivity index (χ0n) is 14.0. The number of piperidine rings is 1. The van der Waals surface area contributed by atoms with Gasteiger partial charge in [-0.1, -0.05) is 12.1 Å². The molecule has 1 heterocycles. The van der Waals surface area contributed by atoms with Gasteiger partial charge in [0.25, 0.3) is 0 Å². The molecule has 0 atom stereocenters. The molecule has 2 rings (SSSR count). The molecule has 0 spiro atoms. The number of nitrogens with one attached hydrogen (secondary N) is 1. The number of nitrogens with zero attached hydrogens (tertiary/aromatic N) is 1. The van der Waals surface area contributed by atoms with Crippen molar-refractivity contribution in [1.29, 1.82) is 0 Å². The summed E-state index contributed by atoms with van der Waals surface area (Å²) in [5, 5.41) is 1.83. The van der Waals surface area contributed by atoms with Crippen molar-refractivity contribution in [3.05, 3.63) is 29.8 Å². The lowest BCUT2D eigenvalue weighted by atomic mass is 9.97. The van der Waals surface area contributed by atoms with Gasteiger partial charge in [-0.25, -0.2) is 8.42 Å². The van der Waals surface area contributed by atoms with Crippen molar-refractivity contribution < 1.29 is 31.2 Å². The molecule has 1 aromatic rings. The van der Waals surface area contributed by atoms with Crippen LogP contribution in [0.5, 0.6) is 0 Å². The van der Waals surface area contributed by atoms with E-state index in [1.165, 1.54) is 35.5 Å². The fourth-order valence-corrected chi connectivity index (χ4v) is 4.17. The van der Waals surface area contributed by atoms with Gasteiger partial charge in [-0.3, -0.25) is 9.59 Å². The Morgan fingerprint density at radius 2 is 1.69 bits per heavy atom. The summed E-state index contributed by atoms with van der Waals surface area (Å²) < 4.78 is 62.8. The standard InChI is InChI=1S/C16H19F3N2O4S/c1-11(22)12-2-4-14(5-3-12)26(24,25)21-8-6-13(7-9-21)15(23)20-10-16(17,18)19/h2-5,13H,6-10H2,1H3,(H,20,23). The SMILES string of the molecule is CC(=O)c1ccc(S(=O)(=O)N2CCC(C(=O)NCC(F)(F)F)CC2)cc1. The highest BCUT2D eigenvalue weighted by molar-refractivity contribution is 7.89. The van der Waals surface area contributed by atoms with Crippen molar-refractivity contribution in [3.63, 3.8) is 0 Å². The Hall–Kier alpha value is -1.94. The van der Waals surface area contributed by atoms with E-state index in [1.54, 1.807) is 0 Å². The molecular formula is C16H19F3N2O4S. The van der Waals surface area contributed by atoms with Gasteiger partial charge < -0.3 is 5.32 Å². The molecule has 10 heteroatoms. The van der Waals surface area contributed by atoms with E-state index in [-0.39, 0.29) is 36.6 Å². The predicted molar refractivity (Wildman–Crippen MR) is 87.0 cm³/mol. The number of sulfonamides is 1. The van der Waals surface area contributed by atoms with Crippen molar-refractivity contribution in [2.75, 3.05) is 19.6 Å². The van der Waals surface area contributed by atoms with Crippen LogP contribution in [0.15, 0.2) is 29.2 Å². The molecule has 0 aromatic heterocycles. The minimum absolute atomic E-state index is 0.0301. The van der Waals surface area contributed by atoms with Gasteiger partial charge in [-0.15, -0.1) is 0 Å². The lowest BCUT2D eigenvalue weighted by Crippen LogP contribution is -2.44. The highest BCUT2D eigenvalue weighted by Gasteiger charge is 2.34. The molecule has 6 nitrogen and oxygen atoms in total. The Morgan fingerprint density at radius 1 is 1.15 bits per heavy atom. The molecule has 1 N–H and O–H groups in total. The second-order valence-corrected chi connectivity index (χ2v) is 8.03. The minimum atomic E-state index is -4.48. The van der Waals surface area contributed by atoms with Crippen LogP contribution in [0.3, 0.4) is 0 Å². The smallest absolute Gasteiger partial charge is 0.347 e. The molecule has 1 amide bonds. The number of ketones is 1. The van der Waals surface area contributed by atoms with Gasteiger partial charge in [-0.2, -0.15) is 17.5 Å². The number of rotatable bonds is 5. The Balaban J connectivity index is 1.97. The molecule has 1 aliphatic heterocycles. The maximum absolute atomic E-state index is 12.6. The fourth-order valence-electron chi connectivity index (χ4n) is 2.70. The maximum atomic E-state index is 12.6. The van der Waals surface area contributed by atoms with E-state index in [2.05, 4.69) is 0 Å². The third kappa shape index (κ3) is 5.04. The van der Waals surface area contributed by atoms with Crippen LogP contribution in [0.2, 0.25) is 0 Å². The van der Waals surface area contributed by atoms with Gasteiger partial charge in [0, 0.05) is 24.6 Å². The first-order valence-corrected chi connectivity index (χ1v) is 9.40. The summed E-state index contributed by atoms with van der Waals surface area (Å²) in [5.74, 6) is -1.55. The number of hydrogen-bond donors (Lipinski definition) is 1. The van der Waals surface area contributed by atoms with Gasteiger partial charge in [0.2, 0.25) is 15.9 Å². The average Bonchev–Trinajstić information content (AvgIpc) is 2.59. The Morgan fingerprint density at radius 3 is 2.15 bits per heavy atom. The monoisotopic (exact) mass is 392 g/mol. The Labute approximate surface area is 149 Å². The molecule has 1 aliphatic rings. The number of amides is 1. The van der Waals surface area contributed by atoms with Crippen molar-refractivity contribution in [2.45, 2.75) is 30.8 Å². The van der Waals surface area contributed by atoms with Gasteiger partial charge in [0.05, 0.1) is 4.90 Å². The van der Waals surface area contributed by atoms with Gasteiger partial charge in [0.1, 0.15) is 6.54 Å². The molecule has 1 saturated heterocycles. The van der Waals surface area contributed by atoms with Crippen LogP contribution in [0.25, 0.3) is 0 Å². The molecule has 0 bridgehead atoms. The second-order valence-electron chi connectivity index (χ2n) is 6.09. The van der Waals surface area contributed by atoms with E-state index in [0.29, 0.717) is 5.56 Å². The topological polar surface area (TPSA) is 83.6 Å². The summed E-state index contributed by atoms with van der Waals surface area (Å²) in [5.41, 5.74) is 0.393. The minimum Gasteiger partial charge on any atom is -0.347 e. The number of halogens is 3. The van der Waals surface area contributed by atoms with Crippen LogP contribution in [-0.2, 0) is 14.8 Å². The highest BCUT2D eigenvalue weighted by Crippen LogP contribution is 2.24. The largest absolute Gasteiger partial charge is 0.405 e. The van der Waals surface area contributed by atoms with Crippen molar-refractivity contribution >= 4 is 21.7 Å². The van der Waals surface area contributed by atoms with Gasteiger partial charge in [-0.05, 0) is 31.9 Å². The Bertz CT molecular complexity index is 768. The summed E-state index contributed by atoms with van der Waals surface area (Å²) in [6.07, 6.45) is -4.19. The van der Waals surface area contributed by atoms with E-state index in [1.807, 2.05) is 5.32 Å². The summed E-state index contributed by atoms with van der Waals surface area (Å²) in [4.78, 5) is 23.0. The van der Waals surface area contributed by atoms with Crippen LogP contribution in [-0.4, -0.2) is 50.2 Å². The van der Waals surface area contributed by atoms with Gasteiger partial charge >= 0.3 is 6.18 Å². The summed E-state index contributed by atoms with van der Waals surface area (Å²) >= 11 is 0. The first kappa shape index (κ1) is 20.4. The molecule has 1 fully saturated rings. The van der Waals surface area contributed by atoms with E-state index in [9.17, 15) is 31.2 Å². The fraction of sp³-hybridized carbons (Fsp3) is 0.500. The van der Waals surface area contributed by atoms with E-state index in [0.717, 1.165) is 0 Å². The maximum Gasteiger partial charge on any atom is 0.405 e. The quantitative estimate of drug-likeness (QED) is 0.777. The van der Waals surface area contributed by atoms with E-state index >= 15 is 0 Å². The summed E-state index contributed by atoms with van der Waals surface area (Å²) in [7, 11) is -3.78. The number of carbonyl (C=O) groups is 2. The molecular weight excluding hydrogens is 373 g/mol. The van der Waals surface area contributed by atoms with Crippen LogP contribution in [0.4, 0.5) is 13.2 Å². The molecule has 0 unspecified atom stereocenters. The first-order valence-electron chi connectivity index (χ1n) is 7.96. The number of carbonyl (C=O) groups excluding carboxylic acids is 2. The van der Waals surface area contributed by atoms with Gasteiger partial charge in [0.15, 0.2) is 5.78 Å². The number of alkyl halides is 3. The number of benzene rings is 1. The van der Waals surface area contributed by atoms with Crippen LogP contribution < -0.4 is 5.32 Å². The zero-order valence-corrected chi connectivity index (χ0v) is 14.9. The third-order valence-electron chi connectivity index (χ3n) is 4.19. The summed E-state index contributed by atoms with van der Waals surface area (Å²) in [6, 6.07) is 5.53. The molecule has 26 heavy (non-hydrogen) atoms. The normalized spacial score (nSPS) is 17.1. The average molecular weight is 392 g/mol. The van der Waals surface area contributed by atoms with Crippen LogP contribution in [0, 0.1) is 5.92 Å². The highest BCUT2D eigenvalue weighted by atomic mass is 32.2. The van der Waals surface area contributed by atoms with Crippen molar-refractivity contribution in [1.82, 2.24) is 9.62 Å². The first-order chi connectivity index (χ1) is 12.0. The van der Waals surface area contributed by atoms with Crippen LogP contribution in [0.1, 0.15) is 30.1 Å². The number of hydrogen-bond acceptors (Lipinski definition) is 4. The zero-order chi connectivity index (χ0) is 19.5. The second kappa shape index (κ2) is 7.75. The molecule has 0 saturated carbocycles. The lowest BCUT2D eigenvalue weighted by molar-refractivity contribution is -0.141. The predicted octanol–water partition coefficient (Wildman–Crippen LogP) is 1.97. The van der Waals surface area contributed by atoms with E-state index in [4.69, 9.17) is 0 Å². The third-order valence-corrected chi connectivity index (χ3v) is 6.10. The van der Waals surface area contributed by atoms with Crippen molar-refractivity contribution in [3.8, 4) is 0 Å². The molecule has 144 valence electrons. The lowest BCUT2D eigenvalue weighted by Gasteiger charge is -2.30. The molecule has 0 radical (unpaired) electrons. The van der Waals surface area contributed by atoms with Crippen molar-refractivity contribution in [2.24, 2.45) is 5.92 Å². The Kier molecular flexibility index (Phi) is 6.07.